The van der Waals surface area contributed by atoms with Gasteiger partial charge in [-0.3, -0.25) is 14.5 Å². The first-order valence-corrected chi connectivity index (χ1v) is 9.97. The number of cyclic esters (lactones) is 1. The van der Waals surface area contributed by atoms with Crippen LogP contribution in [0.25, 0.3) is 0 Å². The minimum atomic E-state index is -0.629. The lowest BCUT2D eigenvalue weighted by Gasteiger charge is -2.27. The highest BCUT2D eigenvalue weighted by Crippen LogP contribution is 2.68. The summed E-state index contributed by atoms with van der Waals surface area (Å²) in [5.41, 5.74) is 5.12. The van der Waals surface area contributed by atoms with Gasteiger partial charge < -0.3 is 15.4 Å². The SMILES string of the molecule is CCCCCC1N(C(=O)c2ccccc2C(N)=O)[C@]12[C@H]1N2C(=O)OCC1(C)C. The second-order valence-electron chi connectivity index (χ2n) is 8.70. The summed E-state index contributed by atoms with van der Waals surface area (Å²) in [5, 5.41) is 0. The molecule has 28 heavy (non-hydrogen) atoms. The normalized spacial score (nSPS) is 29.3. The highest BCUT2D eigenvalue weighted by Gasteiger charge is 2.90. The molecule has 3 fully saturated rings. The number of rotatable bonds is 6. The molecular weight excluding hydrogens is 358 g/mol. The number of carbonyl (C=O) groups excluding carboxylic acids is 3. The molecule has 0 saturated carbocycles. The second kappa shape index (κ2) is 6.22. The Morgan fingerprint density at radius 2 is 1.89 bits per heavy atom. The van der Waals surface area contributed by atoms with Crippen LogP contribution in [0.15, 0.2) is 24.3 Å². The summed E-state index contributed by atoms with van der Waals surface area (Å²) in [7, 11) is 0. The van der Waals surface area contributed by atoms with Gasteiger partial charge in [0.15, 0.2) is 5.66 Å². The van der Waals surface area contributed by atoms with Gasteiger partial charge in [0.1, 0.15) is 6.61 Å². The number of primary amides is 1. The van der Waals surface area contributed by atoms with Crippen LogP contribution in [0.4, 0.5) is 4.79 Å². The number of ether oxygens (including phenoxy) is 1. The van der Waals surface area contributed by atoms with E-state index in [-0.39, 0.29) is 35.1 Å². The molecule has 1 aromatic rings. The second-order valence-corrected chi connectivity index (χ2v) is 8.70. The smallest absolute Gasteiger partial charge is 0.412 e. The maximum absolute atomic E-state index is 13.4. The minimum absolute atomic E-state index is 0.0533. The summed E-state index contributed by atoms with van der Waals surface area (Å²) in [4.78, 5) is 41.2. The van der Waals surface area contributed by atoms with Crippen LogP contribution in [-0.2, 0) is 4.74 Å². The predicted molar refractivity (Wildman–Crippen MR) is 103 cm³/mol. The number of fused-ring (bicyclic) bond motifs is 3. The minimum Gasteiger partial charge on any atom is -0.449 e. The number of amides is 3. The fraction of sp³-hybridized carbons (Fsp3) is 0.571. The number of hydrogen-bond donors (Lipinski definition) is 1. The van der Waals surface area contributed by atoms with Gasteiger partial charge in [0, 0.05) is 5.41 Å². The molecule has 3 heterocycles. The van der Waals surface area contributed by atoms with Crippen LogP contribution in [-0.4, -0.2) is 52.1 Å². The molecule has 3 aliphatic heterocycles. The van der Waals surface area contributed by atoms with E-state index in [0.717, 1.165) is 25.7 Å². The highest BCUT2D eigenvalue weighted by molar-refractivity contribution is 6.08. The van der Waals surface area contributed by atoms with E-state index in [9.17, 15) is 14.4 Å². The Morgan fingerprint density at radius 3 is 2.50 bits per heavy atom. The third-order valence-electron chi connectivity index (χ3n) is 6.33. The Balaban J connectivity index is 1.69. The van der Waals surface area contributed by atoms with Crippen molar-refractivity contribution in [3.8, 4) is 0 Å². The molecule has 2 N–H and O–H groups in total. The molecular formula is C21H27N3O4. The number of carbonyl (C=O) groups is 3. The number of unbranched alkanes of at least 4 members (excludes halogenated alkanes) is 2. The zero-order chi connectivity index (χ0) is 20.3. The summed E-state index contributed by atoms with van der Waals surface area (Å²) in [5.74, 6) is -0.871. The van der Waals surface area contributed by atoms with E-state index in [2.05, 4.69) is 20.8 Å². The molecule has 3 amide bonds. The molecule has 0 radical (unpaired) electrons. The molecule has 0 aromatic heterocycles. The van der Waals surface area contributed by atoms with E-state index in [4.69, 9.17) is 10.5 Å². The van der Waals surface area contributed by atoms with Gasteiger partial charge >= 0.3 is 6.09 Å². The van der Waals surface area contributed by atoms with Gasteiger partial charge in [0.05, 0.1) is 23.2 Å². The fourth-order valence-electron chi connectivity index (χ4n) is 5.06. The van der Waals surface area contributed by atoms with Crippen molar-refractivity contribution < 1.29 is 19.1 Å². The molecule has 7 heteroatoms. The van der Waals surface area contributed by atoms with Crippen molar-refractivity contribution in [3.05, 3.63) is 35.4 Å². The quantitative estimate of drug-likeness (QED) is 0.602. The maximum Gasteiger partial charge on any atom is 0.412 e. The maximum atomic E-state index is 13.4. The van der Waals surface area contributed by atoms with Crippen LogP contribution in [0.3, 0.4) is 0 Å². The van der Waals surface area contributed by atoms with Crippen molar-refractivity contribution in [3.63, 3.8) is 0 Å². The summed E-state index contributed by atoms with van der Waals surface area (Å²) in [6, 6.07) is 6.49. The van der Waals surface area contributed by atoms with Crippen molar-refractivity contribution in [1.82, 2.24) is 9.80 Å². The fourth-order valence-corrected chi connectivity index (χ4v) is 5.06. The summed E-state index contributed by atoms with van der Waals surface area (Å²) in [6.07, 6.45) is 3.61. The highest BCUT2D eigenvalue weighted by atomic mass is 16.6. The molecule has 7 nitrogen and oxygen atoms in total. The summed E-state index contributed by atoms with van der Waals surface area (Å²) in [6.45, 7) is 6.60. The molecule has 3 aliphatic rings. The van der Waals surface area contributed by atoms with E-state index in [1.54, 1.807) is 34.1 Å². The lowest BCUT2D eigenvalue weighted by atomic mass is 9.86. The zero-order valence-electron chi connectivity index (χ0n) is 16.6. The third-order valence-corrected chi connectivity index (χ3v) is 6.33. The monoisotopic (exact) mass is 385 g/mol. The summed E-state index contributed by atoms with van der Waals surface area (Å²) >= 11 is 0. The Kier molecular flexibility index (Phi) is 4.17. The van der Waals surface area contributed by atoms with Gasteiger partial charge in [0.2, 0.25) is 5.91 Å². The van der Waals surface area contributed by atoms with Crippen molar-refractivity contribution in [2.45, 2.75) is 64.2 Å². The van der Waals surface area contributed by atoms with Crippen LogP contribution >= 0.6 is 0 Å². The molecule has 150 valence electrons. The first kappa shape index (κ1) is 18.8. The number of hydrogen-bond acceptors (Lipinski definition) is 4. The van der Waals surface area contributed by atoms with E-state index < -0.39 is 11.6 Å². The van der Waals surface area contributed by atoms with Gasteiger partial charge in [-0.25, -0.2) is 4.79 Å². The van der Waals surface area contributed by atoms with Crippen LogP contribution in [0, 0.1) is 5.41 Å². The molecule has 1 spiro atoms. The van der Waals surface area contributed by atoms with Crippen molar-refractivity contribution in [1.29, 1.82) is 0 Å². The Labute approximate surface area is 164 Å². The molecule has 0 bridgehead atoms. The van der Waals surface area contributed by atoms with Gasteiger partial charge in [-0.2, -0.15) is 0 Å². The molecule has 1 aromatic carbocycles. The largest absolute Gasteiger partial charge is 0.449 e. The van der Waals surface area contributed by atoms with Crippen LogP contribution in [0.1, 0.15) is 67.2 Å². The number of benzene rings is 1. The van der Waals surface area contributed by atoms with Crippen LogP contribution in [0.5, 0.6) is 0 Å². The average molecular weight is 385 g/mol. The van der Waals surface area contributed by atoms with Gasteiger partial charge in [-0.1, -0.05) is 52.2 Å². The first-order chi connectivity index (χ1) is 13.3. The molecule has 3 saturated heterocycles. The first-order valence-electron chi connectivity index (χ1n) is 9.97. The van der Waals surface area contributed by atoms with Crippen molar-refractivity contribution in [2.75, 3.05) is 6.61 Å². The Hall–Kier alpha value is -2.57. The number of nitrogens with two attached hydrogens (primary N) is 1. The number of nitrogens with zero attached hydrogens (tertiary/aromatic N) is 2. The molecule has 3 atom stereocenters. The molecule has 4 rings (SSSR count). The zero-order valence-corrected chi connectivity index (χ0v) is 16.6. The Morgan fingerprint density at radius 1 is 1.21 bits per heavy atom. The third kappa shape index (κ3) is 2.45. The van der Waals surface area contributed by atoms with E-state index >= 15 is 0 Å². The standard InChI is InChI=1S/C21H27N3O4/c1-4-5-6-11-15-21(18-20(2,3)12-28-19(27)24(18)21)23(15)17(26)14-10-8-7-9-13(14)16(22)25/h7-10,15,18H,4-6,11-12H2,1-3H3,(H2,22,25)/t15?,18-,21+,23?,24?/m0/s1. The predicted octanol–water partition coefficient (Wildman–Crippen LogP) is 2.75. The van der Waals surface area contributed by atoms with Crippen molar-refractivity contribution in [2.24, 2.45) is 11.1 Å². The van der Waals surface area contributed by atoms with E-state index in [1.165, 1.54) is 0 Å². The van der Waals surface area contributed by atoms with E-state index in [0.29, 0.717) is 12.2 Å². The lowest BCUT2D eigenvalue weighted by molar-refractivity contribution is 0.0494. The topological polar surface area (TPSA) is 92.5 Å². The summed E-state index contributed by atoms with van der Waals surface area (Å²) < 4.78 is 5.37. The van der Waals surface area contributed by atoms with Crippen molar-refractivity contribution >= 4 is 17.9 Å². The average Bonchev–Trinajstić information content (AvgIpc) is 3.53. The molecule has 1 unspecified atom stereocenters. The van der Waals surface area contributed by atoms with Crippen LogP contribution in [0.2, 0.25) is 0 Å². The van der Waals surface area contributed by atoms with Crippen LogP contribution < -0.4 is 5.73 Å². The Bertz CT molecular complexity index is 852. The van der Waals surface area contributed by atoms with Gasteiger partial charge in [-0.05, 0) is 18.6 Å². The van der Waals surface area contributed by atoms with Gasteiger partial charge in [0.25, 0.3) is 5.91 Å². The van der Waals surface area contributed by atoms with E-state index in [1.807, 2.05) is 0 Å². The van der Waals surface area contributed by atoms with Gasteiger partial charge in [-0.15, -0.1) is 0 Å². The molecule has 0 aliphatic carbocycles. The lowest BCUT2D eigenvalue weighted by Crippen LogP contribution is -2.37.